The second kappa shape index (κ2) is 6.87. The molecule has 1 aliphatic heterocycles. The van der Waals surface area contributed by atoms with E-state index in [1.54, 1.807) is 7.11 Å². The van der Waals surface area contributed by atoms with E-state index in [1.807, 2.05) is 12.1 Å². The van der Waals surface area contributed by atoms with E-state index in [-0.39, 0.29) is 5.82 Å². The molecule has 1 aliphatic rings. The van der Waals surface area contributed by atoms with Crippen molar-refractivity contribution in [1.29, 1.82) is 0 Å². The fraction of sp³-hybridized carbons (Fsp3) is 0.600. The number of methoxy groups -OCH3 is 1. The average molecular weight is 266 g/mol. The van der Waals surface area contributed by atoms with E-state index < -0.39 is 0 Å². The Morgan fingerprint density at radius 3 is 2.95 bits per heavy atom. The lowest BCUT2D eigenvalue weighted by Gasteiger charge is -2.27. The minimum atomic E-state index is -0.187. The molecule has 3 nitrogen and oxygen atoms in total. The maximum Gasteiger partial charge on any atom is 0.131 e. The first-order valence-electron chi connectivity index (χ1n) is 6.90. The Hall–Kier alpha value is -1.13. The lowest BCUT2D eigenvalue weighted by molar-refractivity contribution is 0.235. The predicted molar refractivity (Wildman–Crippen MR) is 74.9 cm³/mol. The molecule has 19 heavy (non-hydrogen) atoms. The first kappa shape index (κ1) is 14.3. The second-order valence-electron chi connectivity index (χ2n) is 5.37. The SMILES string of the molecule is COc1ccc(CN(C)CC2CCCNC2)c(F)c1. The molecule has 1 aromatic rings. The number of hydrogen-bond acceptors (Lipinski definition) is 3. The quantitative estimate of drug-likeness (QED) is 0.885. The van der Waals surface area contributed by atoms with Gasteiger partial charge in [-0.25, -0.2) is 4.39 Å². The van der Waals surface area contributed by atoms with Crippen molar-refractivity contribution in [3.05, 3.63) is 29.6 Å². The van der Waals surface area contributed by atoms with Gasteiger partial charge in [-0.05, 0) is 45.0 Å². The van der Waals surface area contributed by atoms with Crippen molar-refractivity contribution in [3.63, 3.8) is 0 Å². The van der Waals surface area contributed by atoms with Gasteiger partial charge >= 0.3 is 0 Å². The van der Waals surface area contributed by atoms with Crippen molar-refractivity contribution in [3.8, 4) is 5.75 Å². The van der Waals surface area contributed by atoms with Gasteiger partial charge in [-0.15, -0.1) is 0 Å². The zero-order valence-electron chi connectivity index (χ0n) is 11.8. The molecular formula is C15H23FN2O. The van der Waals surface area contributed by atoms with Crippen molar-refractivity contribution in [1.82, 2.24) is 10.2 Å². The molecule has 2 rings (SSSR count). The number of benzene rings is 1. The summed E-state index contributed by atoms with van der Waals surface area (Å²) in [5, 5.41) is 3.41. The van der Waals surface area contributed by atoms with Crippen LogP contribution in [0.1, 0.15) is 18.4 Å². The number of hydrogen-bond donors (Lipinski definition) is 1. The maximum atomic E-state index is 13.9. The molecule has 0 amide bonds. The Bertz CT molecular complexity index is 405. The zero-order chi connectivity index (χ0) is 13.7. The van der Waals surface area contributed by atoms with E-state index >= 15 is 0 Å². The van der Waals surface area contributed by atoms with Crippen LogP contribution in [0.2, 0.25) is 0 Å². The molecule has 0 spiro atoms. The van der Waals surface area contributed by atoms with Crippen LogP contribution in [0.15, 0.2) is 18.2 Å². The zero-order valence-corrected chi connectivity index (χ0v) is 11.8. The third kappa shape index (κ3) is 4.18. The van der Waals surface area contributed by atoms with Crippen LogP contribution in [0.25, 0.3) is 0 Å². The smallest absolute Gasteiger partial charge is 0.131 e. The molecule has 0 aliphatic carbocycles. The highest BCUT2D eigenvalue weighted by Gasteiger charge is 2.16. The minimum Gasteiger partial charge on any atom is -0.497 e. The molecule has 1 heterocycles. The number of piperidine rings is 1. The van der Waals surface area contributed by atoms with Crippen LogP contribution in [0.4, 0.5) is 4.39 Å². The summed E-state index contributed by atoms with van der Waals surface area (Å²) >= 11 is 0. The highest BCUT2D eigenvalue weighted by molar-refractivity contribution is 5.28. The minimum absolute atomic E-state index is 0.187. The molecule has 0 radical (unpaired) electrons. The van der Waals surface area contributed by atoms with E-state index in [0.717, 1.165) is 25.2 Å². The summed E-state index contributed by atoms with van der Waals surface area (Å²) in [6.45, 7) is 3.87. The van der Waals surface area contributed by atoms with Crippen molar-refractivity contribution in [2.45, 2.75) is 19.4 Å². The number of rotatable bonds is 5. The van der Waals surface area contributed by atoms with E-state index in [4.69, 9.17) is 4.74 Å². The van der Waals surface area contributed by atoms with Crippen LogP contribution in [-0.4, -0.2) is 38.7 Å². The number of halogens is 1. The number of nitrogens with zero attached hydrogens (tertiary/aromatic N) is 1. The third-order valence-electron chi connectivity index (χ3n) is 3.67. The fourth-order valence-electron chi connectivity index (χ4n) is 2.66. The Kier molecular flexibility index (Phi) is 5.16. The van der Waals surface area contributed by atoms with Crippen LogP contribution in [0, 0.1) is 11.7 Å². The Labute approximate surface area is 114 Å². The van der Waals surface area contributed by atoms with Gasteiger partial charge in [-0.1, -0.05) is 6.07 Å². The van der Waals surface area contributed by atoms with Crippen molar-refractivity contribution in [2.75, 3.05) is 33.8 Å². The van der Waals surface area contributed by atoms with Crippen LogP contribution in [-0.2, 0) is 6.54 Å². The standard InChI is InChI=1S/C15H23FN2O/c1-18(10-12-4-3-7-17-9-12)11-13-5-6-14(19-2)8-15(13)16/h5-6,8,12,17H,3-4,7,9-11H2,1-2H3. The molecule has 1 saturated heterocycles. The first-order chi connectivity index (χ1) is 9.19. The summed E-state index contributed by atoms with van der Waals surface area (Å²) in [7, 11) is 3.61. The molecule has 0 aromatic heterocycles. The molecule has 0 bridgehead atoms. The summed E-state index contributed by atoms with van der Waals surface area (Å²) in [6.07, 6.45) is 2.51. The molecule has 1 unspecified atom stereocenters. The maximum absolute atomic E-state index is 13.9. The van der Waals surface area contributed by atoms with E-state index in [0.29, 0.717) is 18.2 Å². The van der Waals surface area contributed by atoms with Gasteiger partial charge in [-0.3, -0.25) is 0 Å². The lowest BCUT2D eigenvalue weighted by Crippen LogP contribution is -2.36. The van der Waals surface area contributed by atoms with E-state index in [1.165, 1.54) is 18.9 Å². The van der Waals surface area contributed by atoms with Gasteiger partial charge in [-0.2, -0.15) is 0 Å². The Balaban J connectivity index is 1.88. The summed E-state index contributed by atoms with van der Waals surface area (Å²) in [5.74, 6) is 1.06. The van der Waals surface area contributed by atoms with Crippen LogP contribution < -0.4 is 10.1 Å². The molecule has 4 heteroatoms. The van der Waals surface area contributed by atoms with Crippen LogP contribution in [0.5, 0.6) is 5.75 Å². The fourth-order valence-corrected chi connectivity index (χ4v) is 2.66. The van der Waals surface area contributed by atoms with Gasteiger partial charge in [0.1, 0.15) is 11.6 Å². The van der Waals surface area contributed by atoms with Crippen molar-refractivity contribution in [2.24, 2.45) is 5.92 Å². The van der Waals surface area contributed by atoms with Gasteiger partial charge in [0, 0.05) is 24.7 Å². The molecule has 1 fully saturated rings. The Morgan fingerprint density at radius 2 is 2.32 bits per heavy atom. The molecule has 0 saturated carbocycles. The normalized spacial score (nSPS) is 19.7. The highest BCUT2D eigenvalue weighted by atomic mass is 19.1. The predicted octanol–water partition coefficient (Wildman–Crippen LogP) is 2.27. The molecule has 1 aromatic carbocycles. The monoisotopic (exact) mass is 266 g/mol. The summed E-state index contributed by atoms with van der Waals surface area (Å²) in [4.78, 5) is 2.20. The van der Waals surface area contributed by atoms with E-state index in [9.17, 15) is 4.39 Å². The third-order valence-corrected chi connectivity index (χ3v) is 3.67. The lowest BCUT2D eigenvalue weighted by atomic mass is 9.99. The largest absolute Gasteiger partial charge is 0.497 e. The van der Waals surface area contributed by atoms with Gasteiger partial charge in [0.25, 0.3) is 0 Å². The summed E-state index contributed by atoms with van der Waals surface area (Å²) in [5.41, 5.74) is 0.729. The highest BCUT2D eigenvalue weighted by Crippen LogP contribution is 2.18. The molecule has 106 valence electrons. The molecule has 1 N–H and O–H groups in total. The van der Waals surface area contributed by atoms with Gasteiger partial charge in [0.05, 0.1) is 7.11 Å². The molecular weight excluding hydrogens is 243 g/mol. The number of ether oxygens (including phenoxy) is 1. The molecule has 1 atom stereocenters. The van der Waals surface area contributed by atoms with Crippen LogP contribution >= 0.6 is 0 Å². The number of nitrogens with one attached hydrogen (secondary N) is 1. The summed E-state index contributed by atoms with van der Waals surface area (Å²) in [6, 6.07) is 5.07. The average Bonchev–Trinajstić information content (AvgIpc) is 2.42. The van der Waals surface area contributed by atoms with Gasteiger partial charge in [0.2, 0.25) is 0 Å². The van der Waals surface area contributed by atoms with Gasteiger partial charge < -0.3 is 15.0 Å². The van der Waals surface area contributed by atoms with E-state index in [2.05, 4.69) is 17.3 Å². The Morgan fingerprint density at radius 1 is 1.47 bits per heavy atom. The second-order valence-corrected chi connectivity index (χ2v) is 5.37. The van der Waals surface area contributed by atoms with Crippen molar-refractivity contribution >= 4 is 0 Å². The first-order valence-corrected chi connectivity index (χ1v) is 6.90. The van der Waals surface area contributed by atoms with Gasteiger partial charge in [0.15, 0.2) is 0 Å². The van der Waals surface area contributed by atoms with Crippen LogP contribution in [0.3, 0.4) is 0 Å². The summed E-state index contributed by atoms with van der Waals surface area (Å²) < 4.78 is 18.9. The topological polar surface area (TPSA) is 24.5 Å². The van der Waals surface area contributed by atoms with Crippen molar-refractivity contribution < 1.29 is 9.13 Å².